The van der Waals surface area contributed by atoms with Crippen LogP contribution in [0, 0.1) is 33.3 Å². The zero-order valence-electron chi connectivity index (χ0n) is 18.8. The standard InChI is InChI=1S/C23H24N4O7S/c24-12-17-11-19(14-25-13-17)22-9-10-33-26(22)23(28)18-3-1-16(2-4-18)15-34-35(31,32)21-7-5-20(6-8-21)27(29)30/h5-8,11,13-14,16,18,22H,1-4,9-10,15H2/t16?,18?,22-/m0/s1. The molecule has 1 aliphatic carbocycles. The molecule has 2 aromatic rings. The molecule has 2 fully saturated rings. The van der Waals surface area contributed by atoms with Crippen molar-refractivity contribution in [1.82, 2.24) is 10.0 Å². The fourth-order valence-electron chi connectivity index (χ4n) is 4.43. The van der Waals surface area contributed by atoms with E-state index in [0.29, 0.717) is 44.3 Å². The molecule has 0 unspecified atom stereocenters. The van der Waals surface area contributed by atoms with Crippen molar-refractivity contribution in [3.8, 4) is 6.07 Å². The summed E-state index contributed by atoms with van der Waals surface area (Å²) in [6.07, 6.45) is 6.12. The van der Waals surface area contributed by atoms with E-state index in [0.717, 1.165) is 29.8 Å². The van der Waals surface area contributed by atoms with Crippen LogP contribution >= 0.6 is 0 Å². The SMILES string of the molecule is N#Cc1cncc([C@@H]2CCON2C(=O)C2CCC(COS(=O)(=O)c3ccc([N+](=O)[O-])cc3)CC2)c1. The fourth-order valence-corrected chi connectivity index (χ4v) is 5.41. The van der Waals surface area contributed by atoms with Crippen molar-refractivity contribution < 1.29 is 27.2 Å². The van der Waals surface area contributed by atoms with E-state index in [1.54, 1.807) is 12.3 Å². The van der Waals surface area contributed by atoms with Gasteiger partial charge in [-0.3, -0.25) is 28.9 Å². The highest BCUT2D eigenvalue weighted by Gasteiger charge is 2.37. The average Bonchev–Trinajstić information content (AvgIpc) is 3.37. The van der Waals surface area contributed by atoms with Crippen LogP contribution in [0.1, 0.15) is 49.3 Å². The van der Waals surface area contributed by atoms with Crippen molar-refractivity contribution in [3.05, 3.63) is 64.0 Å². The van der Waals surface area contributed by atoms with Crippen LogP contribution in [0.15, 0.2) is 47.6 Å². The van der Waals surface area contributed by atoms with Crippen molar-refractivity contribution in [3.63, 3.8) is 0 Å². The summed E-state index contributed by atoms with van der Waals surface area (Å²) in [5, 5.41) is 21.3. The lowest BCUT2D eigenvalue weighted by atomic mass is 9.82. The van der Waals surface area contributed by atoms with Gasteiger partial charge in [0.15, 0.2) is 0 Å². The zero-order valence-corrected chi connectivity index (χ0v) is 19.6. The number of pyridine rings is 1. The van der Waals surface area contributed by atoms with Gasteiger partial charge < -0.3 is 0 Å². The molecule has 1 saturated heterocycles. The molecule has 0 radical (unpaired) electrons. The van der Waals surface area contributed by atoms with Gasteiger partial charge in [-0.25, -0.2) is 5.06 Å². The Kier molecular flexibility index (Phi) is 7.39. The molecule has 1 aromatic carbocycles. The third kappa shape index (κ3) is 5.64. The molecule has 4 rings (SSSR count). The van der Waals surface area contributed by atoms with Crippen LogP contribution in [0.4, 0.5) is 5.69 Å². The summed E-state index contributed by atoms with van der Waals surface area (Å²) < 4.78 is 30.0. The lowest BCUT2D eigenvalue weighted by molar-refractivity contribution is -0.384. The molecular formula is C23H24N4O7S. The van der Waals surface area contributed by atoms with Crippen LogP contribution < -0.4 is 0 Å². The number of aromatic nitrogens is 1. The van der Waals surface area contributed by atoms with Crippen LogP contribution in [0.2, 0.25) is 0 Å². The Balaban J connectivity index is 1.30. The van der Waals surface area contributed by atoms with Gasteiger partial charge in [-0.15, -0.1) is 0 Å². The molecule has 1 saturated carbocycles. The number of carbonyl (C=O) groups is 1. The third-order valence-corrected chi connectivity index (χ3v) is 7.68. The number of nitriles is 1. The summed E-state index contributed by atoms with van der Waals surface area (Å²) in [6.45, 7) is 0.382. The van der Waals surface area contributed by atoms with Gasteiger partial charge in [-0.1, -0.05) is 0 Å². The molecule has 0 N–H and O–H groups in total. The van der Waals surface area contributed by atoms with Gasteiger partial charge in [0, 0.05) is 36.9 Å². The van der Waals surface area contributed by atoms with Crippen molar-refractivity contribution >= 4 is 21.7 Å². The molecule has 12 heteroatoms. The van der Waals surface area contributed by atoms with Gasteiger partial charge in [0.05, 0.1) is 34.6 Å². The first-order valence-electron chi connectivity index (χ1n) is 11.2. The quantitative estimate of drug-likeness (QED) is 0.316. The highest BCUT2D eigenvalue weighted by Crippen LogP contribution is 2.36. The van der Waals surface area contributed by atoms with Gasteiger partial charge in [0.2, 0.25) is 5.91 Å². The Labute approximate surface area is 202 Å². The maximum absolute atomic E-state index is 13.2. The Morgan fingerprint density at radius 1 is 1.20 bits per heavy atom. The Hall–Kier alpha value is -3.40. The maximum Gasteiger partial charge on any atom is 0.296 e. The predicted octanol–water partition coefficient (Wildman–Crippen LogP) is 3.28. The van der Waals surface area contributed by atoms with Crippen LogP contribution in [-0.2, 0) is 23.9 Å². The largest absolute Gasteiger partial charge is 0.296 e. The van der Waals surface area contributed by atoms with E-state index in [4.69, 9.17) is 14.3 Å². The van der Waals surface area contributed by atoms with Crippen LogP contribution in [0.25, 0.3) is 0 Å². The summed E-state index contributed by atoms with van der Waals surface area (Å²) in [5.74, 6) is -0.392. The molecular weight excluding hydrogens is 476 g/mol. The highest BCUT2D eigenvalue weighted by molar-refractivity contribution is 7.86. The molecule has 0 spiro atoms. The number of hydroxylamine groups is 2. The first kappa shape index (κ1) is 24.7. The third-order valence-electron chi connectivity index (χ3n) is 6.39. The second-order valence-corrected chi connectivity index (χ2v) is 10.2. The summed E-state index contributed by atoms with van der Waals surface area (Å²) in [4.78, 5) is 32.9. The normalized spacial score (nSPS) is 22.5. The number of rotatable bonds is 7. The molecule has 1 atom stereocenters. The summed E-state index contributed by atoms with van der Waals surface area (Å²) in [6, 6.07) is 8.01. The number of amides is 1. The summed E-state index contributed by atoms with van der Waals surface area (Å²) in [7, 11) is -4.04. The van der Waals surface area contributed by atoms with Crippen molar-refractivity contribution in [2.75, 3.05) is 13.2 Å². The monoisotopic (exact) mass is 500 g/mol. The van der Waals surface area contributed by atoms with Crippen LogP contribution in [0.3, 0.4) is 0 Å². The first-order chi connectivity index (χ1) is 16.8. The molecule has 1 amide bonds. The van der Waals surface area contributed by atoms with Gasteiger partial charge >= 0.3 is 0 Å². The van der Waals surface area contributed by atoms with Crippen LogP contribution in [0.5, 0.6) is 0 Å². The van der Waals surface area contributed by atoms with Gasteiger partial charge in [-0.2, -0.15) is 13.7 Å². The van der Waals surface area contributed by atoms with E-state index in [2.05, 4.69) is 11.1 Å². The minimum absolute atomic E-state index is 0.0182. The smallest absolute Gasteiger partial charge is 0.272 e. The van der Waals surface area contributed by atoms with E-state index in [-0.39, 0.29) is 41.0 Å². The minimum atomic E-state index is -4.04. The van der Waals surface area contributed by atoms with Gasteiger partial charge in [0.25, 0.3) is 15.8 Å². The van der Waals surface area contributed by atoms with E-state index in [1.807, 2.05) is 0 Å². The molecule has 0 bridgehead atoms. The fraction of sp³-hybridized carbons (Fsp3) is 0.435. The second kappa shape index (κ2) is 10.5. The number of nitro groups is 1. The Bertz CT molecular complexity index is 1240. The molecule has 1 aliphatic heterocycles. The lowest BCUT2D eigenvalue weighted by Gasteiger charge is -2.31. The topological polar surface area (TPSA) is 153 Å². The number of hydrogen-bond donors (Lipinski definition) is 0. The highest BCUT2D eigenvalue weighted by atomic mass is 32.2. The van der Waals surface area contributed by atoms with E-state index >= 15 is 0 Å². The van der Waals surface area contributed by atoms with Crippen molar-refractivity contribution in [2.45, 2.75) is 43.0 Å². The van der Waals surface area contributed by atoms with Gasteiger partial charge in [-0.05, 0) is 55.4 Å². The van der Waals surface area contributed by atoms with E-state index in [1.165, 1.54) is 11.3 Å². The molecule has 2 heterocycles. The van der Waals surface area contributed by atoms with E-state index < -0.39 is 15.0 Å². The minimum Gasteiger partial charge on any atom is -0.272 e. The first-order valence-corrected chi connectivity index (χ1v) is 12.6. The molecule has 2 aliphatic rings. The van der Waals surface area contributed by atoms with Crippen molar-refractivity contribution in [2.24, 2.45) is 11.8 Å². The lowest BCUT2D eigenvalue weighted by Crippen LogP contribution is -2.37. The number of benzene rings is 1. The number of hydrogen-bond acceptors (Lipinski definition) is 9. The van der Waals surface area contributed by atoms with Crippen LogP contribution in [-0.4, -0.2) is 42.5 Å². The number of carbonyl (C=O) groups excluding carboxylic acids is 1. The second-order valence-electron chi connectivity index (χ2n) is 8.63. The number of nitro benzene ring substituents is 1. The Morgan fingerprint density at radius 2 is 1.91 bits per heavy atom. The predicted molar refractivity (Wildman–Crippen MR) is 121 cm³/mol. The zero-order chi connectivity index (χ0) is 25.0. The molecule has 35 heavy (non-hydrogen) atoms. The Morgan fingerprint density at radius 3 is 2.57 bits per heavy atom. The number of nitrogens with zero attached hydrogens (tertiary/aromatic N) is 4. The summed E-state index contributed by atoms with van der Waals surface area (Å²) >= 11 is 0. The van der Waals surface area contributed by atoms with E-state index in [9.17, 15) is 23.3 Å². The molecule has 184 valence electrons. The molecule has 11 nitrogen and oxygen atoms in total. The maximum atomic E-state index is 13.2. The average molecular weight is 501 g/mol. The van der Waals surface area contributed by atoms with Crippen molar-refractivity contribution in [1.29, 1.82) is 5.26 Å². The molecule has 1 aromatic heterocycles. The van der Waals surface area contributed by atoms with Gasteiger partial charge in [0.1, 0.15) is 6.07 Å². The summed E-state index contributed by atoms with van der Waals surface area (Å²) in [5.41, 5.74) is 0.976. The number of non-ortho nitro benzene ring substituents is 1.